The Labute approximate surface area is 150 Å². The molecular weight excluding hydrogens is 326 g/mol. The van der Waals surface area contributed by atoms with Gasteiger partial charge in [-0.3, -0.25) is 10.00 Å². The molecule has 26 heavy (non-hydrogen) atoms. The number of hydrogen-bond donors (Lipinski definition) is 3. The molecule has 128 valence electrons. The number of fused-ring (bicyclic) bond motifs is 1. The monoisotopic (exact) mass is 343 g/mol. The first-order valence-corrected chi connectivity index (χ1v) is 8.13. The van der Waals surface area contributed by atoms with E-state index in [0.717, 1.165) is 22.0 Å². The quantitative estimate of drug-likeness (QED) is 0.523. The number of nitrogens with one attached hydrogen (secondary N) is 1. The Balaban J connectivity index is 1.76. The number of nitrogens with two attached hydrogens (primary N) is 2. The van der Waals surface area contributed by atoms with Crippen molar-refractivity contribution >= 4 is 34.1 Å². The summed E-state index contributed by atoms with van der Waals surface area (Å²) >= 11 is 0. The summed E-state index contributed by atoms with van der Waals surface area (Å²) in [7, 11) is 0. The second-order valence-electron chi connectivity index (χ2n) is 5.89. The third kappa shape index (κ3) is 2.63. The van der Waals surface area contributed by atoms with Crippen LogP contribution in [-0.2, 0) is 0 Å². The van der Waals surface area contributed by atoms with Gasteiger partial charge >= 0.3 is 6.03 Å². The normalized spacial score (nSPS) is 10.8. The average molecular weight is 343 g/mol. The maximum absolute atomic E-state index is 12.0. The lowest BCUT2D eigenvalue weighted by molar-refractivity contribution is 0.256. The van der Waals surface area contributed by atoms with Gasteiger partial charge in [0.1, 0.15) is 0 Å². The van der Waals surface area contributed by atoms with Crippen molar-refractivity contribution in [1.29, 1.82) is 0 Å². The van der Waals surface area contributed by atoms with Crippen molar-refractivity contribution in [1.82, 2.24) is 10.2 Å². The molecule has 4 rings (SSSR count). The van der Waals surface area contributed by atoms with Crippen molar-refractivity contribution in [3.05, 3.63) is 72.8 Å². The molecular formula is C20H17N5O. The number of urea groups is 1. The molecule has 0 saturated heterocycles. The van der Waals surface area contributed by atoms with Gasteiger partial charge in [-0.05, 0) is 41.5 Å². The van der Waals surface area contributed by atoms with Gasteiger partial charge in [0.15, 0.2) is 5.82 Å². The number of benzene rings is 3. The number of primary amides is 1. The van der Waals surface area contributed by atoms with Gasteiger partial charge < -0.3 is 11.5 Å². The van der Waals surface area contributed by atoms with Crippen LogP contribution in [0.4, 0.5) is 22.0 Å². The molecule has 0 spiro atoms. The highest BCUT2D eigenvalue weighted by Gasteiger charge is 2.15. The van der Waals surface area contributed by atoms with E-state index in [9.17, 15) is 4.79 Å². The minimum atomic E-state index is -0.537. The molecule has 0 fully saturated rings. The molecule has 0 saturated carbocycles. The maximum atomic E-state index is 12.0. The van der Waals surface area contributed by atoms with E-state index in [1.165, 1.54) is 4.90 Å². The highest BCUT2D eigenvalue weighted by atomic mass is 16.2. The summed E-state index contributed by atoms with van der Waals surface area (Å²) in [4.78, 5) is 13.4. The Kier molecular flexibility index (Phi) is 3.78. The molecule has 2 amide bonds. The number of aromatic amines is 1. The van der Waals surface area contributed by atoms with Gasteiger partial charge in [0.2, 0.25) is 0 Å². The lowest BCUT2D eigenvalue weighted by Crippen LogP contribution is -2.31. The summed E-state index contributed by atoms with van der Waals surface area (Å²) in [5, 5.41) is 7.88. The number of carbonyl (C=O) groups is 1. The molecule has 4 aromatic rings. The second-order valence-corrected chi connectivity index (χ2v) is 5.89. The lowest BCUT2D eigenvalue weighted by Gasteiger charge is -2.21. The summed E-state index contributed by atoms with van der Waals surface area (Å²) in [6.07, 6.45) is 0. The van der Waals surface area contributed by atoms with Crippen molar-refractivity contribution in [2.75, 3.05) is 10.6 Å². The zero-order valence-electron chi connectivity index (χ0n) is 13.9. The summed E-state index contributed by atoms with van der Waals surface area (Å²) < 4.78 is 0. The van der Waals surface area contributed by atoms with Gasteiger partial charge in [0.25, 0.3) is 0 Å². The van der Waals surface area contributed by atoms with E-state index >= 15 is 0 Å². The smallest absolute Gasteiger partial charge is 0.323 e. The fourth-order valence-electron chi connectivity index (χ4n) is 3.11. The van der Waals surface area contributed by atoms with Gasteiger partial charge in [-0.1, -0.05) is 42.5 Å². The van der Waals surface area contributed by atoms with Crippen molar-refractivity contribution in [3.8, 4) is 11.1 Å². The fourth-order valence-corrected chi connectivity index (χ4v) is 3.11. The summed E-state index contributed by atoms with van der Waals surface area (Å²) in [5.41, 5.74) is 15.8. The first-order valence-electron chi connectivity index (χ1n) is 8.13. The average Bonchev–Trinajstić information content (AvgIpc) is 3.05. The van der Waals surface area contributed by atoms with Crippen molar-refractivity contribution in [2.24, 2.45) is 5.73 Å². The Morgan fingerprint density at radius 3 is 2.27 bits per heavy atom. The number of carbonyl (C=O) groups excluding carboxylic acids is 1. The SMILES string of the molecule is NC(=O)N(c1ccccc1)c1ccc(-c2cccc3[nH]nc(N)c23)cc1. The van der Waals surface area contributed by atoms with Gasteiger partial charge in [-0.15, -0.1) is 0 Å². The van der Waals surface area contributed by atoms with Crippen LogP contribution in [0, 0.1) is 0 Å². The van der Waals surface area contributed by atoms with E-state index in [0.29, 0.717) is 17.2 Å². The second kappa shape index (κ2) is 6.25. The molecule has 1 heterocycles. The summed E-state index contributed by atoms with van der Waals surface area (Å²) in [6, 6.07) is 22.2. The predicted molar refractivity (Wildman–Crippen MR) is 104 cm³/mol. The molecule has 0 radical (unpaired) electrons. The Hall–Kier alpha value is -3.80. The van der Waals surface area contributed by atoms with Crippen LogP contribution in [0.2, 0.25) is 0 Å². The van der Waals surface area contributed by atoms with Gasteiger partial charge in [0, 0.05) is 0 Å². The van der Waals surface area contributed by atoms with Gasteiger partial charge in [0.05, 0.1) is 22.3 Å². The van der Waals surface area contributed by atoms with E-state index in [2.05, 4.69) is 10.2 Å². The number of para-hydroxylation sites is 1. The number of nitrogens with zero attached hydrogens (tertiary/aromatic N) is 2. The minimum Gasteiger partial charge on any atom is -0.382 e. The van der Waals surface area contributed by atoms with Crippen LogP contribution in [0.15, 0.2) is 72.8 Å². The molecule has 0 aliphatic heterocycles. The van der Waals surface area contributed by atoms with Crippen LogP contribution in [0.5, 0.6) is 0 Å². The number of hydrogen-bond acceptors (Lipinski definition) is 3. The topological polar surface area (TPSA) is 101 Å². The Morgan fingerprint density at radius 2 is 1.58 bits per heavy atom. The van der Waals surface area contributed by atoms with E-state index in [1.807, 2.05) is 72.8 Å². The molecule has 0 atom stereocenters. The third-order valence-corrected chi connectivity index (χ3v) is 4.29. The van der Waals surface area contributed by atoms with Gasteiger partial charge in [-0.2, -0.15) is 5.10 Å². The molecule has 6 heteroatoms. The zero-order valence-corrected chi connectivity index (χ0v) is 13.9. The van der Waals surface area contributed by atoms with E-state index in [4.69, 9.17) is 11.5 Å². The van der Waals surface area contributed by atoms with Crippen LogP contribution < -0.4 is 16.4 Å². The lowest BCUT2D eigenvalue weighted by atomic mass is 10.0. The van der Waals surface area contributed by atoms with Crippen molar-refractivity contribution < 1.29 is 4.79 Å². The van der Waals surface area contributed by atoms with E-state index in [1.54, 1.807) is 0 Å². The Morgan fingerprint density at radius 1 is 0.885 bits per heavy atom. The third-order valence-electron chi connectivity index (χ3n) is 4.29. The molecule has 6 nitrogen and oxygen atoms in total. The van der Waals surface area contributed by atoms with Crippen LogP contribution in [0.1, 0.15) is 0 Å². The molecule has 0 unspecified atom stereocenters. The molecule has 0 bridgehead atoms. The number of amides is 2. The predicted octanol–water partition coefficient (Wildman–Crippen LogP) is 4.03. The molecule has 3 aromatic carbocycles. The summed E-state index contributed by atoms with van der Waals surface area (Å²) in [6.45, 7) is 0. The Bertz CT molecular complexity index is 1070. The highest BCUT2D eigenvalue weighted by Crippen LogP contribution is 2.33. The first kappa shape index (κ1) is 15.7. The molecule has 5 N–H and O–H groups in total. The standard InChI is InChI=1S/C20H17N5O/c21-19-18-16(7-4-8-17(18)23-24-19)13-9-11-15(12-10-13)25(20(22)26)14-5-2-1-3-6-14/h1-12H,(H2,22,26)(H3,21,23,24). The van der Waals surface area contributed by atoms with E-state index < -0.39 is 6.03 Å². The largest absolute Gasteiger partial charge is 0.382 e. The van der Waals surface area contributed by atoms with E-state index in [-0.39, 0.29) is 0 Å². The fraction of sp³-hybridized carbons (Fsp3) is 0. The zero-order chi connectivity index (χ0) is 18.1. The van der Waals surface area contributed by atoms with Crippen LogP contribution in [0.3, 0.4) is 0 Å². The van der Waals surface area contributed by atoms with Crippen LogP contribution >= 0.6 is 0 Å². The number of anilines is 3. The summed E-state index contributed by atoms with van der Waals surface area (Å²) in [5.74, 6) is 0.461. The van der Waals surface area contributed by atoms with Gasteiger partial charge in [-0.25, -0.2) is 4.79 Å². The van der Waals surface area contributed by atoms with Crippen LogP contribution in [-0.4, -0.2) is 16.2 Å². The highest BCUT2D eigenvalue weighted by molar-refractivity contribution is 6.02. The number of aromatic nitrogens is 2. The number of H-pyrrole nitrogens is 1. The molecule has 0 aliphatic carbocycles. The minimum absolute atomic E-state index is 0.461. The van der Waals surface area contributed by atoms with Crippen LogP contribution in [0.25, 0.3) is 22.0 Å². The maximum Gasteiger partial charge on any atom is 0.323 e. The number of nitrogen functional groups attached to an aromatic ring is 1. The van der Waals surface area contributed by atoms with Crippen molar-refractivity contribution in [3.63, 3.8) is 0 Å². The number of rotatable bonds is 3. The first-order chi connectivity index (χ1) is 12.6. The molecule has 0 aliphatic rings. The van der Waals surface area contributed by atoms with Crippen molar-refractivity contribution in [2.45, 2.75) is 0 Å². The molecule has 1 aromatic heterocycles.